The number of ether oxygens (including phenoxy) is 4. The van der Waals surface area contributed by atoms with Crippen LogP contribution in [0, 0.1) is 0 Å². The fraction of sp³-hybridized carbons (Fsp3) is 0.917. The van der Waals surface area contributed by atoms with Gasteiger partial charge in [-0.2, -0.15) is 0 Å². The molecule has 0 aromatic carbocycles. The van der Waals surface area contributed by atoms with Gasteiger partial charge in [0.1, 0.15) is 0 Å². The van der Waals surface area contributed by atoms with Gasteiger partial charge < -0.3 is 24.3 Å². The van der Waals surface area contributed by atoms with Crippen molar-refractivity contribution >= 4 is 6.16 Å². The quantitative estimate of drug-likeness (QED) is 0.333. The number of methoxy groups -OCH3 is 1. The molecule has 0 radical (unpaired) electrons. The topological polar surface area (TPSA) is 66.0 Å². The molecule has 0 saturated carbocycles. The summed E-state index contributed by atoms with van der Waals surface area (Å²) in [6.45, 7) is 7.41. The number of carbonyl (C=O) groups excluding carboxylic acids is 1. The molecule has 0 unspecified atom stereocenters. The van der Waals surface area contributed by atoms with Gasteiger partial charge in [-0.15, -0.1) is 4.39 Å². The summed E-state index contributed by atoms with van der Waals surface area (Å²) in [6, 6.07) is 0. The van der Waals surface area contributed by atoms with Crippen molar-refractivity contribution in [3.63, 3.8) is 0 Å². The van der Waals surface area contributed by atoms with E-state index in [1.165, 1.54) is 0 Å². The number of hydrogen-bond acceptors (Lipinski definition) is 5. The van der Waals surface area contributed by atoms with Gasteiger partial charge >= 0.3 is 6.16 Å². The predicted molar refractivity (Wildman–Crippen MR) is 70.2 cm³/mol. The molecule has 1 amide bonds. The highest BCUT2D eigenvalue weighted by Gasteiger charge is 1.94. The van der Waals surface area contributed by atoms with E-state index in [0.29, 0.717) is 39.6 Å². The third-order valence-corrected chi connectivity index (χ3v) is 1.69. The summed E-state index contributed by atoms with van der Waals surface area (Å²) in [5, 5.41) is 1.97. The van der Waals surface area contributed by atoms with E-state index in [1.807, 2.05) is 19.2 Å². The second-order valence-corrected chi connectivity index (χ2v) is 3.03. The van der Waals surface area contributed by atoms with Crippen LogP contribution < -0.4 is 5.32 Å². The molecular formula is C12H26FNO5. The van der Waals surface area contributed by atoms with E-state index < -0.39 is 6.16 Å². The van der Waals surface area contributed by atoms with Crippen LogP contribution in [0.2, 0.25) is 0 Å². The molecule has 0 heterocycles. The summed E-state index contributed by atoms with van der Waals surface area (Å²) in [4.78, 5) is 9.85. The third kappa shape index (κ3) is 22.8. The Kier molecular flexibility index (Phi) is 21.2. The van der Waals surface area contributed by atoms with Crippen molar-refractivity contribution in [2.24, 2.45) is 0 Å². The zero-order chi connectivity index (χ0) is 14.8. The molecule has 0 aliphatic carbocycles. The number of rotatable bonds is 12. The fourth-order valence-corrected chi connectivity index (χ4v) is 0.906. The lowest BCUT2D eigenvalue weighted by Gasteiger charge is -2.06. The minimum Gasteiger partial charge on any atom is -0.382 e. The molecule has 6 nitrogen and oxygen atoms in total. The van der Waals surface area contributed by atoms with Crippen molar-refractivity contribution < 1.29 is 28.1 Å². The van der Waals surface area contributed by atoms with Crippen LogP contribution in [0.5, 0.6) is 0 Å². The predicted octanol–water partition coefficient (Wildman–Crippen LogP) is 1.39. The van der Waals surface area contributed by atoms with Crippen LogP contribution in [0.15, 0.2) is 0 Å². The molecule has 0 saturated heterocycles. The molecule has 7 heteroatoms. The van der Waals surface area contributed by atoms with Crippen molar-refractivity contribution in [3.8, 4) is 0 Å². The minimum absolute atomic E-state index is 0.162. The Balaban J connectivity index is 0. The highest BCUT2D eigenvalue weighted by Crippen LogP contribution is 1.81. The maximum Gasteiger partial charge on any atom is 0.397 e. The second-order valence-electron chi connectivity index (χ2n) is 3.03. The lowest BCUT2D eigenvalue weighted by molar-refractivity contribution is 0.00423. The van der Waals surface area contributed by atoms with Gasteiger partial charge in [0.25, 0.3) is 0 Å². The van der Waals surface area contributed by atoms with Gasteiger partial charge in [0.05, 0.1) is 46.2 Å². The molecule has 116 valence electrons. The number of halogens is 1. The van der Waals surface area contributed by atoms with Crippen molar-refractivity contribution in [3.05, 3.63) is 0 Å². The molecule has 0 aromatic heterocycles. The lowest BCUT2D eigenvalue weighted by Crippen LogP contribution is -2.23. The Bertz CT molecular complexity index is 184. The average molecular weight is 283 g/mol. The van der Waals surface area contributed by atoms with Gasteiger partial charge in [0, 0.05) is 13.7 Å². The van der Waals surface area contributed by atoms with Gasteiger partial charge in [-0.05, 0) is 0 Å². The Labute approximate surface area is 114 Å². The van der Waals surface area contributed by atoms with Crippen LogP contribution in [0.3, 0.4) is 0 Å². The molecule has 0 bridgehead atoms. The first-order valence-corrected chi connectivity index (χ1v) is 6.43. The van der Waals surface area contributed by atoms with E-state index >= 15 is 0 Å². The van der Waals surface area contributed by atoms with Gasteiger partial charge in [-0.25, -0.2) is 4.79 Å². The first-order valence-electron chi connectivity index (χ1n) is 6.43. The number of carbonyl (C=O) groups is 1. The van der Waals surface area contributed by atoms with Crippen molar-refractivity contribution in [2.45, 2.75) is 13.8 Å². The minimum atomic E-state index is -1.54. The van der Waals surface area contributed by atoms with E-state index in [9.17, 15) is 9.18 Å². The van der Waals surface area contributed by atoms with Gasteiger partial charge in [0.2, 0.25) is 0 Å². The van der Waals surface area contributed by atoms with Crippen LogP contribution >= 0.6 is 0 Å². The lowest BCUT2D eigenvalue weighted by atomic mass is 10.6. The van der Waals surface area contributed by atoms with Crippen LogP contribution in [0.1, 0.15) is 13.8 Å². The normalized spacial score (nSPS) is 9.68. The van der Waals surface area contributed by atoms with E-state index in [2.05, 4.69) is 0 Å². The summed E-state index contributed by atoms with van der Waals surface area (Å²) in [6.07, 6.45) is -1.54. The Morgan fingerprint density at radius 1 is 0.895 bits per heavy atom. The van der Waals surface area contributed by atoms with Crippen molar-refractivity contribution in [1.29, 1.82) is 0 Å². The van der Waals surface area contributed by atoms with Crippen molar-refractivity contribution in [1.82, 2.24) is 5.32 Å². The van der Waals surface area contributed by atoms with Gasteiger partial charge in [-0.1, -0.05) is 13.8 Å². The molecule has 0 atom stereocenters. The average Bonchev–Trinajstić information content (AvgIpc) is 2.42. The number of hydrogen-bond donors (Lipinski definition) is 1. The van der Waals surface area contributed by atoms with E-state index in [1.54, 1.807) is 7.11 Å². The van der Waals surface area contributed by atoms with E-state index in [0.717, 1.165) is 0 Å². The smallest absolute Gasteiger partial charge is 0.382 e. The monoisotopic (exact) mass is 283 g/mol. The van der Waals surface area contributed by atoms with E-state index in [-0.39, 0.29) is 13.2 Å². The molecule has 0 spiro atoms. The number of amides is 1. The summed E-state index contributed by atoms with van der Waals surface area (Å²) in [7, 11) is 1.61. The van der Waals surface area contributed by atoms with Crippen molar-refractivity contribution in [2.75, 3.05) is 59.9 Å². The molecule has 19 heavy (non-hydrogen) atoms. The zero-order valence-electron chi connectivity index (χ0n) is 12.1. The first kappa shape index (κ1) is 20.6. The Morgan fingerprint density at radius 3 is 1.74 bits per heavy atom. The summed E-state index contributed by atoms with van der Waals surface area (Å²) in [5.41, 5.74) is 0. The molecule has 0 aliphatic heterocycles. The van der Waals surface area contributed by atoms with Crippen LogP contribution in [-0.4, -0.2) is 66.1 Å². The number of nitrogens with one attached hydrogen (secondary N) is 1. The van der Waals surface area contributed by atoms with E-state index in [4.69, 9.17) is 18.9 Å². The van der Waals surface area contributed by atoms with Gasteiger partial charge in [0.15, 0.2) is 0 Å². The molecular weight excluding hydrogens is 257 g/mol. The highest BCUT2D eigenvalue weighted by molar-refractivity contribution is 5.65. The molecule has 0 aromatic rings. The maximum absolute atomic E-state index is 11.7. The van der Waals surface area contributed by atoms with Crippen LogP contribution in [0.4, 0.5) is 9.18 Å². The molecule has 0 rings (SSSR count). The summed E-state index contributed by atoms with van der Waals surface area (Å²) < 4.78 is 31.9. The summed E-state index contributed by atoms with van der Waals surface area (Å²) in [5.74, 6) is 0. The third-order valence-electron chi connectivity index (χ3n) is 1.69. The van der Waals surface area contributed by atoms with Gasteiger partial charge in [-0.3, -0.25) is 0 Å². The first-order chi connectivity index (χ1) is 9.27. The maximum atomic E-state index is 11.7. The molecule has 0 fully saturated rings. The molecule has 0 aliphatic rings. The Morgan fingerprint density at radius 2 is 1.32 bits per heavy atom. The second kappa shape index (κ2) is 19.6. The standard InChI is InChI=1S/C10H20FNO5.C2H6/c1-14-4-5-16-8-9-17-7-6-15-3-2-12-10(11)13;1-2/h2-9H2,1H3,(H,12,13);1-2H3. The molecule has 1 N–H and O–H groups in total. The van der Waals surface area contributed by atoms with Crippen LogP contribution in [0.25, 0.3) is 0 Å². The fourth-order valence-electron chi connectivity index (χ4n) is 0.906. The SMILES string of the molecule is CC.COCCOCCOCCOCCNC(=O)F. The summed E-state index contributed by atoms with van der Waals surface area (Å²) >= 11 is 0. The zero-order valence-corrected chi connectivity index (χ0v) is 12.1. The highest BCUT2D eigenvalue weighted by atomic mass is 19.1. The Hall–Kier alpha value is -0.760. The largest absolute Gasteiger partial charge is 0.397 e. The van der Waals surface area contributed by atoms with Crippen LogP contribution in [-0.2, 0) is 18.9 Å².